The Kier molecular flexibility index (Phi) is 3.78. The molecule has 0 amide bonds. The van der Waals surface area contributed by atoms with Gasteiger partial charge in [0.15, 0.2) is 5.82 Å². The predicted octanol–water partition coefficient (Wildman–Crippen LogP) is 2.57. The Hall–Kier alpha value is -1.72. The molecule has 0 saturated carbocycles. The number of nitrogens with two attached hydrogens (primary N) is 1. The minimum Gasteiger partial charge on any atom is -0.364 e. The smallest absolute Gasteiger partial charge is 0.255 e. The third kappa shape index (κ3) is 2.71. The zero-order chi connectivity index (χ0) is 14.9. The van der Waals surface area contributed by atoms with Gasteiger partial charge in [-0.25, -0.2) is 0 Å². The average Bonchev–Trinajstić information content (AvgIpc) is 3.17. The van der Waals surface area contributed by atoms with Crippen LogP contribution in [0.5, 0.6) is 0 Å². The summed E-state index contributed by atoms with van der Waals surface area (Å²) in [5, 5.41) is 4.16. The molecule has 1 fully saturated rings. The van der Waals surface area contributed by atoms with E-state index in [9.17, 15) is 0 Å². The average molecular weight is 287 g/mol. The lowest BCUT2D eigenvalue weighted by molar-refractivity contribution is 0.0307. The number of rotatable bonds is 4. The van der Waals surface area contributed by atoms with Crippen LogP contribution in [0, 0.1) is 0 Å². The van der Waals surface area contributed by atoms with Crippen molar-refractivity contribution in [3.8, 4) is 0 Å². The third-order valence-corrected chi connectivity index (χ3v) is 4.14. The number of benzene rings is 1. The number of hydrogen-bond donors (Lipinski definition) is 1. The second-order valence-corrected chi connectivity index (χ2v) is 6.01. The minimum atomic E-state index is -0.297. The van der Waals surface area contributed by atoms with Crippen LogP contribution in [0.4, 0.5) is 0 Å². The van der Waals surface area contributed by atoms with Gasteiger partial charge < -0.3 is 15.0 Å². The summed E-state index contributed by atoms with van der Waals surface area (Å²) >= 11 is 0. The van der Waals surface area contributed by atoms with Crippen molar-refractivity contribution in [1.82, 2.24) is 10.1 Å². The largest absolute Gasteiger partial charge is 0.364 e. The molecule has 1 aromatic heterocycles. The highest BCUT2D eigenvalue weighted by Crippen LogP contribution is 2.34. The van der Waals surface area contributed by atoms with Crippen LogP contribution < -0.4 is 5.73 Å². The van der Waals surface area contributed by atoms with Crippen LogP contribution in [0.2, 0.25) is 0 Å². The van der Waals surface area contributed by atoms with E-state index in [0.29, 0.717) is 18.3 Å². The minimum absolute atomic E-state index is 0.104. The second kappa shape index (κ2) is 5.58. The first-order chi connectivity index (χ1) is 10.1. The van der Waals surface area contributed by atoms with Gasteiger partial charge in [0.2, 0.25) is 0 Å². The van der Waals surface area contributed by atoms with E-state index in [4.69, 9.17) is 15.0 Å². The SMILES string of the molecule is CC(C)(c1ccccc1)c1noc(C2CCC(CN)O2)n1. The summed E-state index contributed by atoms with van der Waals surface area (Å²) in [5.41, 5.74) is 6.49. The highest BCUT2D eigenvalue weighted by atomic mass is 16.5. The van der Waals surface area contributed by atoms with E-state index in [1.165, 1.54) is 0 Å². The molecule has 0 spiro atoms. The van der Waals surface area contributed by atoms with E-state index in [0.717, 1.165) is 18.4 Å². The van der Waals surface area contributed by atoms with E-state index < -0.39 is 0 Å². The van der Waals surface area contributed by atoms with E-state index >= 15 is 0 Å². The number of aromatic nitrogens is 2. The van der Waals surface area contributed by atoms with Crippen molar-refractivity contribution >= 4 is 0 Å². The van der Waals surface area contributed by atoms with Gasteiger partial charge in [-0.15, -0.1) is 0 Å². The molecular formula is C16H21N3O2. The molecule has 1 aliphatic rings. The molecule has 21 heavy (non-hydrogen) atoms. The number of nitrogens with zero attached hydrogens (tertiary/aromatic N) is 2. The van der Waals surface area contributed by atoms with Gasteiger partial charge in [0.25, 0.3) is 5.89 Å². The van der Waals surface area contributed by atoms with Gasteiger partial charge in [-0.05, 0) is 32.3 Å². The maximum Gasteiger partial charge on any atom is 0.255 e. The van der Waals surface area contributed by atoms with Gasteiger partial charge in [0.1, 0.15) is 6.10 Å². The lowest BCUT2D eigenvalue weighted by Gasteiger charge is -2.20. The molecule has 0 bridgehead atoms. The summed E-state index contributed by atoms with van der Waals surface area (Å²) < 4.78 is 11.2. The maximum absolute atomic E-state index is 5.81. The zero-order valence-corrected chi connectivity index (χ0v) is 12.5. The molecule has 1 saturated heterocycles. The van der Waals surface area contributed by atoms with Crippen molar-refractivity contribution in [3.63, 3.8) is 0 Å². The van der Waals surface area contributed by atoms with Crippen LogP contribution in [-0.4, -0.2) is 22.8 Å². The molecule has 2 N–H and O–H groups in total. The lowest BCUT2D eigenvalue weighted by atomic mass is 9.84. The molecule has 1 aromatic carbocycles. The lowest BCUT2D eigenvalue weighted by Crippen LogP contribution is -2.21. The molecule has 2 atom stereocenters. The quantitative estimate of drug-likeness (QED) is 0.935. The molecular weight excluding hydrogens is 266 g/mol. The summed E-state index contributed by atoms with van der Waals surface area (Å²) in [5.74, 6) is 1.24. The number of ether oxygens (including phenoxy) is 1. The van der Waals surface area contributed by atoms with Gasteiger partial charge in [-0.1, -0.05) is 35.5 Å². The van der Waals surface area contributed by atoms with Crippen LogP contribution in [0.25, 0.3) is 0 Å². The van der Waals surface area contributed by atoms with Crippen LogP contribution in [0.15, 0.2) is 34.9 Å². The maximum atomic E-state index is 5.81. The molecule has 2 aromatic rings. The van der Waals surface area contributed by atoms with Crippen molar-refractivity contribution in [1.29, 1.82) is 0 Å². The highest BCUT2D eigenvalue weighted by Gasteiger charge is 2.33. The van der Waals surface area contributed by atoms with Crippen LogP contribution in [0.3, 0.4) is 0 Å². The standard InChI is InChI=1S/C16H21N3O2/c1-16(2,11-6-4-3-5-7-11)15-18-14(21-19-15)13-9-8-12(10-17)20-13/h3-7,12-13H,8-10,17H2,1-2H3. The third-order valence-electron chi connectivity index (χ3n) is 4.14. The molecule has 3 rings (SSSR count). The first kappa shape index (κ1) is 14.2. The van der Waals surface area contributed by atoms with E-state index in [1.54, 1.807) is 0 Å². The molecule has 2 unspecified atom stereocenters. The highest BCUT2D eigenvalue weighted by molar-refractivity contribution is 5.30. The Morgan fingerprint density at radius 3 is 2.67 bits per heavy atom. The number of hydrogen-bond acceptors (Lipinski definition) is 5. The van der Waals surface area contributed by atoms with Gasteiger partial charge in [-0.2, -0.15) is 4.98 Å². The Labute approximate surface area is 124 Å². The van der Waals surface area contributed by atoms with Crippen molar-refractivity contribution in [2.45, 2.75) is 44.3 Å². The Balaban J connectivity index is 1.82. The van der Waals surface area contributed by atoms with Crippen LogP contribution in [0.1, 0.15) is 50.1 Å². The van der Waals surface area contributed by atoms with Gasteiger partial charge in [-0.3, -0.25) is 0 Å². The van der Waals surface area contributed by atoms with Gasteiger partial charge >= 0.3 is 0 Å². The fourth-order valence-corrected chi connectivity index (χ4v) is 2.66. The Morgan fingerprint density at radius 1 is 1.24 bits per heavy atom. The molecule has 1 aliphatic heterocycles. The molecule has 5 nitrogen and oxygen atoms in total. The summed E-state index contributed by atoms with van der Waals surface area (Å²) in [6.07, 6.45) is 1.81. The van der Waals surface area contributed by atoms with Gasteiger partial charge in [0, 0.05) is 6.54 Å². The molecule has 2 heterocycles. The fraction of sp³-hybridized carbons (Fsp3) is 0.500. The molecule has 0 aliphatic carbocycles. The monoisotopic (exact) mass is 287 g/mol. The first-order valence-electron chi connectivity index (χ1n) is 7.36. The summed E-state index contributed by atoms with van der Waals surface area (Å²) in [7, 11) is 0. The zero-order valence-electron chi connectivity index (χ0n) is 12.5. The van der Waals surface area contributed by atoms with Gasteiger partial charge in [0.05, 0.1) is 11.5 Å². The summed E-state index contributed by atoms with van der Waals surface area (Å²) in [6, 6.07) is 10.2. The van der Waals surface area contributed by atoms with Crippen molar-refractivity contribution in [2.24, 2.45) is 5.73 Å². The van der Waals surface area contributed by atoms with Crippen molar-refractivity contribution in [3.05, 3.63) is 47.6 Å². The van der Waals surface area contributed by atoms with Crippen LogP contribution >= 0.6 is 0 Å². The topological polar surface area (TPSA) is 74.2 Å². The van der Waals surface area contributed by atoms with E-state index in [1.807, 2.05) is 18.2 Å². The van der Waals surface area contributed by atoms with Crippen molar-refractivity contribution < 1.29 is 9.26 Å². The van der Waals surface area contributed by atoms with E-state index in [2.05, 4.69) is 36.1 Å². The fourth-order valence-electron chi connectivity index (χ4n) is 2.66. The van der Waals surface area contributed by atoms with E-state index in [-0.39, 0.29) is 17.6 Å². The van der Waals surface area contributed by atoms with Crippen molar-refractivity contribution in [2.75, 3.05) is 6.54 Å². The summed E-state index contributed by atoms with van der Waals surface area (Å²) in [4.78, 5) is 4.57. The second-order valence-electron chi connectivity index (χ2n) is 6.01. The predicted molar refractivity (Wildman–Crippen MR) is 78.8 cm³/mol. The first-order valence-corrected chi connectivity index (χ1v) is 7.36. The molecule has 5 heteroatoms. The van der Waals surface area contributed by atoms with Crippen LogP contribution in [-0.2, 0) is 10.2 Å². The molecule has 0 radical (unpaired) electrons. The molecule has 112 valence electrons. The Morgan fingerprint density at radius 2 is 2.00 bits per heavy atom. The normalized spacial score (nSPS) is 22.6. The Bertz CT molecular complexity index is 595. The summed E-state index contributed by atoms with van der Waals surface area (Å²) in [6.45, 7) is 4.72.